The van der Waals surface area contributed by atoms with Crippen molar-refractivity contribution in [3.63, 3.8) is 0 Å². The van der Waals surface area contributed by atoms with Gasteiger partial charge in [-0.1, -0.05) is 12.1 Å². The third-order valence-electron chi connectivity index (χ3n) is 2.40. The van der Waals surface area contributed by atoms with Crippen LogP contribution >= 0.6 is 22.6 Å². The normalized spacial score (nSPS) is 10.2. The van der Waals surface area contributed by atoms with Crippen LogP contribution in [0.15, 0.2) is 41.3 Å². The summed E-state index contributed by atoms with van der Waals surface area (Å²) >= 11 is 2.25. The summed E-state index contributed by atoms with van der Waals surface area (Å²) in [5.41, 5.74) is 1.70. The van der Waals surface area contributed by atoms with Gasteiger partial charge in [0.2, 0.25) is 0 Å². The molecule has 0 radical (unpaired) electrons. The molecule has 1 heterocycles. The third kappa shape index (κ3) is 3.06. The second-order valence-corrected chi connectivity index (χ2v) is 4.86. The molecule has 0 aliphatic rings. The van der Waals surface area contributed by atoms with Gasteiger partial charge < -0.3 is 5.32 Å². The molecule has 0 bridgehead atoms. The molecule has 1 aromatic heterocycles. The van der Waals surface area contributed by atoms with Crippen LogP contribution in [0.1, 0.15) is 5.56 Å². The van der Waals surface area contributed by atoms with E-state index in [1.54, 1.807) is 19.3 Å². The van der Waals surface area contributed by atoms with E-state index in [2.05, 4.69) is 33.0 Å². The van der Waals surface area contributed by atoms with E-state index >= 15 is 0 Å². The highest BCUT2D eigenvalue weighted by Crippen LogP contribution is 2.07. The lowest BCUT2D eigenvalue weighted by Crippen LogP contribution is -2.22. The molecular weight excluding hydrogens is 329 g/mol. The molecule has 5 heteroatoms. The van der Waals surface area contributed by atoms with Crippen molar-refractivity contribution in [2.75, 3.05) is 12.4 Å². The van der Waals surface area contributed by atoms with Gasteiger partial charge in [0.15, 0.2) is 0 Å². The third-order valence-corrected chi connectivity index (χ3v) is 3.12. The van der Waals surface area contributed by atoms with Crippen molar-refractivity contribution in [3.8, 4) is 0 Å². The Kier molecular flexibility index (Phi) is 3.78. The number of nitrogens with zero attached hydrogens (tertiary/aromatic N) is 2. The van der Waals surface area contributed by atoms with Gasteiger partial charge in [-0.2, -0.15) is 5.10 Å². The number of anilines is 1. The fourth-order valence-electron chi connectivity index (χ4n) is 1.45. The maximum Gasteiger partial charge on any atom is 0.269 e. The summed E-state index contributed by atoms with van der Waals surface area (Å²) in [6, 6.07) is 9.58. The number of hydrogen-bond donors (Lipinski definition) is 1. The second-order valence-electron chi connectivity index (χ2n) is 3.62. The summed E-state index contributed by atoms with van der Waals surface area (Å²) in [5, 5.41) is 7.00. The second kappa shape index (κ2) is 5.31. The van der Waals surface area contributed by atoms with Crippen molar-refractivity contribution in [2.45, 2.75) is 6.54 Å². The van der Waals surface area contributed by atoms with E-state index in [-0.39, 0.29) is 5.56 Å². The van der Waals surface area contributed by atoms with E-state index < -0.39 is 0 Å². The minimum absolute atomic E-state index is 0.101. The number of aromatic nitrogens is 2. The molecule has 0 saturated carbocycles. The molecule has 0 unspecified atom stereocenters. The van der Waals surface area contributed by atoms with E-state index in [0.717, 1.165) is 11.3 Å². The van der Waals surface area contributed by atoms with E-state index in [1.807, 2.05) is 24.3 Å². The fourth-order valence-corrected chi connectivity index (χ4v) is 1.81. The standard InChI is InChI=1S/C12H12IN3O/c1-14-11-6-12(17)16(15-7-11)8-9-2-4-10(13)5-3-9/h2-7,14H,8H2,1H3. The number of hydrogen-bond acceptors (Lipinski definition) is 3. The molecule has 1 N–H and O–H groups in total. The highest BCUT2D eigenvalue weighted by atomic mass is 127. The molecule has 1 aromatic carbocycles. The van der Waals surface area contributed by atoms with Gasteiger partial charge in [-0.15, -0.1) is 0 Å². The zero-order valence-electron chi connectivity index (χ0n) is 9.35. The first kappa shape index (κ1) is 12.1. The lowest BCUT2D eigenvalue weighted by Gasteiger charge is -2.05. The summed E-state index contributed by atoms with van der Waals surface area (Å²) in [4.78, 5) is 11.7. The Bertz CT molecular complexity index is 563. The van der Waals surface area contributed by atoms with Gasteiger partial charge in [-0.25, -0.2) is 4.68 Å². The highest BCUT2D eigenvalue weighted by Gasteiger charge is 2.00. The molecule has 0 fully saturated rings. The zero-order chi connectivity index (χ0) is 12.3. The smallest absolute Gasteiger partial charge is 0.269 e. The summed E-state index contributed by atoms with van der Waals surface area (Å²) in [6.07, 6.45) is 1.65. The fraction of sp³-hybridized carbons (Fsp3) is 0.167. The van der Waals surface area contributed by atoms with E-state index in [1.165, 1.54) is 8.25 Å². The van der Waals surface area contributed by atoms with Gasteiger partial charge in [0.05, 0.1) is 18.4 Å². The minimum Gasteiger partial charge on any atom is -0.387 e. The molecular formula is C12H12IN3O. The van der Waals surface area contributed by atoms with Crippen molar-refractivity contribution in [1.82, 2.24) is 9.78 Å². The van der Waals surface area contributed by atoms with Crippen molar-refractivity contribution in [3.05, 3.63) is 56.0 Å². The van der Waals surface area contributed by atoms with Crippen LogP contribution < -0.4 is 10.9 Å². The first-order chi connectivity index (χ1) is 8.19. The monoisotopic (exact) mass is 341 g/mol. The molecule has 0 aliphatic heterocycles. The first-order valence-corrected chi connectivity index (χ1v) is 6.26. The summed E-state index contributed by atoms with van der Waals surface area (Å²) in [5.74, 6) is 0. The molecule has 0 amide bonds. The molecule has 2 rings (SSSR count). The predicted octanol–water partition coefficient (Wildman–Crippen LogP) is 1.94. The molecule has 0 atom stereocenters. The Hall–Kier alpha value is -1.37. The summed E-state index contributed by atoms with van der Waals surface area (Å²) in [7, 11) is 1.76. The van der Waals surface area contributed by atoms with Gasteiger partial charge in [0, 0.05) is 16.7 Å². The van der Waals surface area contributed by atoms with E-state index in [9.17, 15) is 4.79 Å². The van der Waals surface area contributed by atoms with Crippen LogP contribution in [0.4, 0.5) is 5.69 Å². The Labute approximate surface area is 113 Å². The predicted molar refractivity (Wildman–Crippen MR) is 76.3 cm³/mol. The molecule has 0 saturated heterocycles. The highest BCUT2D eigenvalue weighted by molar-refractivity contribution is 14.1. The van der Waals surface area contributed by atoms with Crippen molar-refractivity contribution >= 4 is 28.3 Å². The average Bonchev–Trinajstić information content (AvgIpc) is 2.34. The molecule has 0 aliphatic carbocycles. The Morgan fingerprint density at radius 2 is 2.06 bits per heavy atom. The number of rotatable bonds is 3. The van der Waals surface area contributed by atoms with Crippen molar-refractivity contribution in [1.29, 1.82) is 0 Å². The van der Waals surface area contributed by atoms with Crippen LogP contribution in [0, 0.1) is 3.57 Å². The van der Waals surface area contributed by atoms with Crippen LogP contribution in [0.25, 0.3) is 0 Å². The van der Waals surface area contributed by atoms with Gasteiger partial charge in [0.1, 0.15) is 0 Å². The van der Waals surface area contributed by atoms with E-state index in [0.29, 0.717) is 6.54 Å². The van der Waals surface area contributed by atoms with Crippen LogP contribution in [-0.4, -0.2) is 16.8 Å². The molecule has 4 nitrogen and oxygen atoms in total. The molecule has 17 heavy (non-hydrogen) atoms. The number of nitrogens with one attached hydrogen (secondary N) is 1. The number of benzene rings is 1. The molecule has 88 valence electrons. The largest absolute Gasteiger partial charge is 0.387 e. The van der Waals surface area contributed by atoms with Gasteiger partial charge >= 0.3 is 0 Å². The van der Waals surface area contributed by atoms with Crippen molar-refractivity contribution < 1.29 is 0 Å². The van der Waals surface area contributed by atoms with Gasteiger partial charge in [-0.3, -0.25) is 4.79 Å². The molecule has 0 spiro atoms. The topological polar surface area (TPSA) is 46.9 Å². The van der Waals surface area contributed by atoms with Crippen LogP contribution in [-0.2, 0) is 6.54 Å². The summed E-state index contributed by atoms with van der Waals surface area (Å²) < 4.78 is 2.63. The minimum atomic E-state index is -0.101. The Morgan fingerprint density at radius 1 is 1.35 bits per heavy atom. The summed E-state index contributed by atoms with van der Waals surface area (Å²) in [6.45, 7) is 0.500. The van der Waals surface area contributed by atoms with Crippen molar-refractivity contribution in [2.24, 2.45) is 0 Å². The first-order valence-electron chi connectivity index (χ1n) is 5.18. The van der Waals surface area contributed by atoms with Crippen LogP contribution in [0.5, 0.6) is 0 Å². The van der Waals surface area contributed by atoms with Gasteiger partial charge in [0.25, 0.3) is 5.56 Å². The molecule has 2 aromatic rings. The van der Waals surface area contributed by atoms with Crippen LogP contribution in [0.3, 0.4) is 0 Å². The Morgan fingerprint density at radius 3 is 2.65 bits per heavy atom. The van der Waals surface area contributed by atoms with Crippen LogP contribution in [0.2, 0.25) is 0 Å². The van der Waals surface area contributed by atoms with Gasteiger partial charge in [-0.05, 0) is 40.3 Å². The SMILES string of the molecule is CNc1cnn(Cc2ccc(I)cc2)c(=O)c1. The zero-order valence-corrected chi connectivity index (χ0v) is 11.5. The lowest BCUT2D eigenvalue weighted by atomic mass is 10.2. The quantitative estimate of drug-likeness (QED) is 0.868. The maximum atomic E-state index is 11.7. The van der Waals surface area contributed by atoms with E-state index in [4.69, 9.17) is 0 Å². The lowest BCUT2D eigenvalue weighted by molar-refractivity contribution is 0.640. The number of halogens is 1. The average molecular weight is 341 g/mol. The maximum absolute atomic E-state index is 11.7. The Balaban J connectivity index is 2.24.